The van der Waals surface area contributed by atoms with Crippen LogP contribution in [0.2, 0.25) is 0 Å². The van der Waals surface area contributed by atoms with Gasteiger partial charge in [-0.2, -0.15) is 0 Å². The van der Waals surface area contributed by atoms with E-state index in [0.717, 1.165) is 11.1 Å². The molecule has 0 N–H and O–H groups in total. The number of rotatable bonds is 5. The average molecular weight is 220 g/mol. The predicted molar refractivity (Wildman–Crippen MR) is 62.8 cm³/mol. The van der Waals surface area contributed by atoms with Crippen LogP contribution in [0.25, 0.3) is 6.08 Å². The van der Waals surface area contributed by atoms with Gasteiger partial charge in [0.05, 0.1) is 20.1 Å². The first-order valence-corrected chi connectivity index (χ1v) is 5.07. The van der Waals surface area contributed by atoms with Crippen molar-refractivity contribution in [2.45, 2.75) is 13.0 Å². The van der Waals surface area contributed by atoms with Gasteiger partial charge in [0.25, 0.3) is 0 Å². The quantitative estimate of drug-likeness (QED) is 0.715. The zero-order valence-corrected chi connectivity index (χ0v) is 9.60. The number of carbonyl (C=O) groups excluding carboxylic acids is 1. The molecule has 0 fully saturated rings. The zero-order valence-electron chi connectivity index (χ0n) is 9.60. The van der Waals surface area contributed by atoms with Crippen LogP contribution in [0.15, 0.2) is 30.3 Å². The van der Waals surface area contributed by atoms with E-state index in [4.69, 9.17) is 4.74 Å². The lowest BCUT2D eigenvalue weighted by molar-refractivity contribution is -0.139. The smallest absolute Gasteiger partial charge is 0.309 e. The second kappa shape index (κ2) is 6.80. The van der Waals surface area contributed by atoms with Gasteiger partial charge in [-0.1, -0.05) is 36.4 Å². The second-order valence-electron chi connectivity index (χ2n) is 3.36. The van der Waals surface area contributed by atoms with Crippen LogP contribution < -0.4 is 0 Å². The molecule has 0 saturated carbocycles. The number of hydrogen-bond donors (Lipinski definition) is 0. The molecule has 1 rings (SSSR count). The SMILES string of the molecule is COCc1ccc(C=CCC(=O)OC)cc1. The average Bonchev–Trinajstić information content (AvgIpc) is 2.31. The number of esters is 1. The minimum Gasteiger partial charge on any atom is -0.469 e. The Kier molecular flexibility index (Phi) is 5.29. The summed E-state index contributed by atoms with van der Waals surface area (Å²) >= 11 is 0. The van der Waals surface area contributed by atoms with Gasteiger partial charge in [0.1, 0.15) is 0 Å². The lowest BCUT2D eigenvalue weighted by atomic mass is 10.1. The molecule has 0 saturated heterocycles. The molecule has 1 aromatic carbocycles. The Morgan fingerprint density at radius 2 is 1.94 bits per heavy atom. The van der Waals surface area contributed by atoms with Crippen molar-refractivity contribution in [3.8, 4) is 0 Å². The van der Waals surface area contributed by atoms with E-state index in [-0.39, 0.29) is 5.97 Å². The Morgan fingerprint density at radius 1 is 1.25 bits per heavy atom. The van der Waals surface area contributed by atoms with Crippen LogP contribution in [-0.2, 0) is 20.9 Å². The Bertz CT molecular complexity index is 352. The molecule has 3 nitrogen and oxygen atoms in total. The molecule has 86 valence electrons. The van der Waals surface area contributed by atoms with Crippen LogP contribution in [0.3, 0.4) is 0 Å². The summed E-state index contributed by atoms with van der Waals surface area (Å²) in [5.74, 6) is -0.229. The van der Waals surface area contributed by atoms with Crippen molar-refractivity contribution in [1.29, 1.82) is 0 Å². The van der Waals surface area contributed by atoms with Gasteiger partial charge in [-0.25, -0.2) is 0 Å². The molecule has 0 heterocycles. The van der Waals surface area contributed by atoms with E-state index < -0.39 is 0 Å². The maximum atomic E-state index is 10.9. The molecular weight excluding hydrogens is 204 g/mol. The van der Waals surface area contributed by atoms with Crippen LogP contribution in [0, 0.1) is 0 Å². The molecule has 16 heavy (non-hydrogen) atoms. The van der Waals surface area contributed by atoms with Gasteiger partial charge in [0.15, 0.2) is 0 Å². The maximum absolute atomic E-state index is 10.9. The third kappa shape index (κ3) is 4.28. The highest BCUT2D eigenvalue weighted by atomic mass is 16.5. The summed E-state index contributed by atoms with van der Waals surface area (Å²) < 4.78 is 9.55. The van der Waals surface area contributed by atoms with Gasteiger partial charge in [-0.15, -0.1) is 0 Å². The number of methoxy groups -OCH3 is 2. The van der Waals surface area contributed by atoms with Gasteiger partial charge in [0.2, 0.25) is 0 Å². The van der Waals surface area contributed by atoms with Crippen LogP contribution >= 0.6 is 0 Å². The maximum Gasteiger partial charge on any atom is 0.309 e. The van der Waals surface area contributed by atoms with Crippen molar-refractivity contribution in [1.82, 2.24) is 0 Å². The monoisotopic (exact) mass is 220 g/mol. The zero-order chi connectivity index (χ0) is 11.8. The third-order valence-corrected chi connectivity index (χ3v) is 2.11. The normalized spacial score (nSPS) is 10.6. The van der Waals surface area contributed by atoms with Crippen molar-refractivity contribution in [2.24, 2.45) is 0 Å². The molecule has 0 aromatic heterocycles. The molecule has 0 unspecified atom stereocenters. The number of hydrogen-bond acceptors (Lipinski definition) is 3. The lowest BCUT2D eigenvalue weighted by Crippen LogP contribution is -1.96. The summed E-state index contributed by atoms with van der Waals surface area (Å²) in [5.41, 5.74) is 2.19. The van der Waals surface area contributed by atoms with Crippen molar-refractivity contribution in [3.63, 3.8) is 0 Å². The summed E-state index contributed by atoms with van der Waals surface area (Å²) in [6, 6.07) is 7.98. The Hall–Kier alpha value is -1.61. The second-order valence-corrected chi connectivity index (χ2v) is 3.36. The largest absolute Gasteiger partial charge is 0.469 e. The predicted octanol–water partition coefficient (Wildman–Crippen LogP) is 2.41. The van der Waals surface area contributed by atoms with Crippen LogP contribution in [0.4, 0.5) is 0 Å². The van der Waals surface area contributed by atoms with E-state index in [1.54, 1.807) is 13.2 Å². The fourth-order valence-electron chi connectivity index (χ4n) is 1.27. The van der Waals surface area contributed by atoms with Crippen molar-refractivity contribution < 1.29 is 14.3 Å². The fourth-order valence-corrected chi connectivity index (χ4v) is 1.27. The molecule has 0 bridgehead atoms. The van der Waals surface area contributed by atoms with Crippen molar-refractivity contribution in [3.05, 3.63) is 41.5 Å². The van der Waals surface area contributed by atoms with Crippen LogP contribution in [0.5, 0.6) is 0 Å². The molecule has 0 amide bonds. The standard InChI is InChI=1S/C13H16O3/c1-15-10-12-8-6-11(7-9-12)4-3-5-13(14)16-2/h3-4,6-9H,5,10H2,1-2H3. The molecule has 0 atom stereocenters. The van der Waals surface area contributed by atoms with Crippen LogP contribution in [0.1, 0.15) is 17.5 Å². The van der Waals surface area contributed by atoms with E-state index >= 15 is 0 Å². The topological polar surface area (TPSA) is 35.5 Å². The summed E-state index contributed by atoms with van der Waals surface area (Å²) in [7, 11) is 3.06. The molecule has 0 aliphatic rings. The highest BCUT2D eigenvalue weighted by molar-refractivity contribution is 5.72. The Labute approximate surface area is 95.7 Å². The molecule has 0 spiro atoms. The van der Waals surface area contributed by atoms with E-state index in [1.807, 2.05) is 30.3 Å². The first-order valence-electron chi connectivity index (χ1n) is 5.07. The Morgan fingerprint density at radius 3 is 2.50 bits per heavy atom. The molecule has 0 radical (unpaired) electrons. The first-order chi connectivity index (χ1) is 7.76. The Balaban J connectivity index is 2.51. The number of carbonyl (C=O) groups is 1. The van der Waals surface area contributed by atoms with Gasteiger partial charge in [-0.3, -0.25) is 4.79 Å². The molecule has 0 aliphatic heterocycles. The highest BCUT2D eigenvalue weighted by Gasteiger charge is 1.94. The summed E-state index contributed by atoms with van der Waals surface area (Å²) in [6.07, 6.45) is 3.99. The van der Waals surface area contributed by atoms with Gasteiger partial charge in [0, 0.05) is 7.11 Å². The third-order valence-electron chi connectivity index (χ3n) is 2.11. The minimum atomic E-state index is -0.229. The van der Waals surface area contributed by atoms with Crippen molar-refractivity contribution >= 4 is 12.0 Å². The molecular formula is C13H16O3. The number of ether oxygens (including phenoxy) is 2. The summed E-state index contributed by atoms with van der Waals surface area (Å²) in [4.78, 5) is 10.9. The summed E-state index contributed by atoms with van der Waals surface area (Å²) in [6.45, 7) is 0.617. The number of benzene rings is 1. The van der Waals surface area contributed by atoms with E-state index in [0.29, 0.717) is 13.0 Å². The fraction of sp³-hybridized carbons (Fsp3) is 0.308. The molecule has 3 heteroatoms. The van der Waals surface area contributed by atoms with E-state index in [9.17, 15) is 4.79 Å². The lowest BCUT2D eigenvalue weighted by Gasteiger charge is -1.99. The van der Waals surface area contributed by atoms with Gasteiger partial charge < -0.3 is 9.47 Å². The van der Waals surface area contributed by atoms with Crippen molar-refractivity contribution in [2.75, 3.05) is 14.2 Å². The molecule has 0 aliphatic carbocycles. The first kappa shape index (κ1) is 12.5. The molecule has 1 aromatic rings. The van der Waals surface area contributed by atoms with Gasteiger partial charge >= 0.3 is 5.97 Å². The summed E-state index contributed by atoms with van der Waals surface area (Å²) in [5, 5.41) is 0. The van der Waals surface area contributed by atoms with Crippen LogP contribution in [-0.4, -0.2) is 20.2 Å². The minimum absolute atomic E-state index is 0.229. The van der Waals surface area contributed by atoms with E-state index in [1.165, 1.54) is 7.11 Å². The van der Waals surface area contributed by atoms with Gasteiger partial charge in [-0.05, 0) is 11.1 Å². The highest BCUT2D eigenvalue weighted by Crippen LogP contribution is 2.07. The van der Waals surface area contributed by atoms with E-state index in [2.05, 4.69) is 4.74 Å².